The number of fused-ring (bicyclic) bond motifs is 1. The maximum Gasteiger partial charge on any atom is 0.338 e. The topological polar surface area (TPSA) is 51.1 Å². The van der Waals surface area contributed by atoms with Crippen LogP contribution in [0, 0.1) is 0 Å². The summed E-state index contributed by atoms with van der Waals surface area (Å²) in [6, 6.07) is 10.7. The Morgan fingerprint density at radius 1 is 1.22 bits per heavy atom. The minimum absolute atomic E-state index is 0.280. The van der Waals surface area contributed by atoms with Crippen molar-refractivity contribution in [3.05, 3.63) is 84.9 Å². The first-order chi connectivity index (χ1) is 15.4. The highest BCUT2D eigenvalue weighted by Gasteiger charge is 2.39. The Bertz CT molecular complexity index is 1170. The van der Waals surface area contributed by atoms with Crippen molar-refractivity contribution in [3.63, 3.8) is 0 Å². The molecule has 0 saturated heterocycles. The Hall–Kier alpha value is -1.93. The highest BCUT2D eigenvalue weighted by Crippen LogP contribution is 2.44. The molecule has 2 aromatic rings. The summed E-state index contributed by atoms with van der Waals surface area (Å²) >= 11 is 17.2. The fourth-order valence-corrected chi connectivity index (χ4v) is 5.02. The van der Waals surface area contributed by atoms with Gasteiger partial charge in [-0.2, -0.15) is 0 Å². The van der Waals surface area contributed by atoms with Crippen LogP contribution in [-0.2, 0) is 16.1 Å². The quantitative estimate of drug-likeness (QED) is 0.357. The molecule has 0 fully saturated rings. The largest absolute Gasteiger partial charge is 0.489 e. The van der Waals surface area contributed by atoms with Crippen molar-refractivity contribution in [1.82, 2.24) is 4.90 Å². The fraction of sp³-hybridized carbons (Fsp3) is 0.217. The number of carbonyl (C=O) groups excluding carboxylic acids is 1. The van der Waals surface area contributed by atoms with Crippen LogP contribution in [0.1, 0.15) is 31.0 Å². The van der Waals surface area contributed by atoms with Gasteiger partial charge in [-0.05, 0) is 55.2 Å². The van der Waals surface area contributed by atoms with Crippen LogP contribution in [0.5, 0.6) is 5.75 Å². The summed E-state index contributed by atoms with van der Waals surface area (Å²) in [5.74, 6) is 0.254. The Kier molecular flexibility index (Phi) is 7.20. The molecular formula is C23H19BrCl2N2O3S. The van der Waals surface area contributed by atoms with E-state index in [1.54, 1.807) is 19.1 Å². The molecule has 0 N–H and O–H groups in total. The number of nitrogens with zero attached hydrogens (tertiary/aromatic N) is 2. The molecule has 0 unspecified atom stereocenters. The zero-order valence-corrected chi connectivity index (χ0v) is 21.2. The predicted octanol–water partition coefficient (Wildman–Crippen LogP) is 7.10. The van der Waals surface area contributed by atoms with Crippen molar-refractivity contribution in [2.24, 2.45) is 4.99 Å². The summed E-state index contributed by atoms with van der Waals surface area (Å²) in [5, 5.41) is 3.71. The monoisotopic (exact) mass is 552 g/mol. The van der Waals surface area contributed by atoms with Crippen molar-refractivity contribution in [2.45, 2.75) is 26.5 Å². The van der Waals surface area contributed by atoms with E-state index in [9.17, 15) is 4.79 Å². The van der Waals surface area contributed by atoms with Crippen LogP contribution in [0.3, 0.4) is 0 Å². The van der Waals surface area contributed by atoms with E-state index in [0.717, 1.165) is 20.8 Å². The van der Waals surface area contributed by atoms with Gasteiger partial charge in [-0.3, -0.25) is 0 Å². The third-order valence-corrected chi connectivity index (χ3v) is 6.96. The van der Waals surface area contributed by atoms with Gasteiger partial charge in [-0.1, -0.05) is 57.0 Å². The lowest BCUT2D eigenvalue weighted by Crippen LogP contribution is -2.34. The Labute approximate surface area is 209 Å². The smallest absolute Gasteiger partial charge is 0.338 e. The molecule has 2 aliphatic rings. The zero-order valence-electron chi connectivity index (χ0n) is 17.3. The maximum absolute atomic E-state index is 12.9. The normalized spacial score (nSPS) is 17.3. The number of benzene rings is 2. The lowest BCUT2D eigenvalue weighted by molar-refractivity contribution is -0.139. The second-order valence-electron chi connectivity index (χ2n) is 7.05. The molecule has 4 rings (SSSR count). The summed E-state index contributed by atoms with van der Waals surface area (Å²) in [5.41, 5.74) is 2.82. The fourth-order valence-electron chi connectivity index (χ4n) is 3.53. The van der Waals surface area contributed by atoms with Crippen molar-refractivity contribution < 1.29 is 14.3 Å². The maximum atomic E-state index is 12.9. The van der Waals surface area contributed by atoms with Gasteiger partial charge < -0.3 is 14.4 Å². The summed E-state index contributed by atoms with van der Waals surface area (Å²) in [4.78, 5) is 19.5. The van der Waals surface area contributed by atoms with E-state index < -0.39 is 12.0 Å². The van der Waals surface area contributed by atoms with Gasteiger partial charge in [0.25, 0.3) is 0 Å². The number of carbonyl (C=O) groups is 1. The van der Waals surface area contributed by atoms with Crippen LogP contribution in [-0.4, -0.2) is 22.6 Å². The molecule has 0 aromatic heterocycles. The van der Waals surface area contributed by atoms with E-state index in [1.165, 1.54) is 11.8 Å². The Balaban J connectivity index is 1.74. The molecule has 166 valence electrons. The lowest BCUT2D eigenvalue weighted by atomic mass is 9.94. The number of hydrogen-bond acceptors (Lipinski definition) is 6. The summed E-state index contributed by atoms with van der Waals surface area (Å²) in [7, 11) is 0. The van der Waals surface area contributed by atoms with Crippen LogP contribution in [0.4, 0.5) is 0 Å². The van der Waals surface area contributed by atoms with E-state index in [1.807, 2.05) is 47.7 Å². The molecule has 0 radical (unpaired) electrons. The minimum atomic E-state index is -0.436. The predicted molar refractivity (Wildman–Crippen MR) is 133 cm³/mol. The highest BCUT2D eigenvalue weighted by atomic mass is 79.9. The second kappa shape index (κ2) is 9.91. The van der Waals surface area contributed by atoms with E-state index in [0.29, 0.717) is 33.7 Å². The van der Waals surface area contributed by atoms with Crippen molar-refractivity contribution in [2.75, 3.05) is 6.61 Å². The van der Waals surface area contributed by atoms with Crippen molar-refractivity contribution in [1.29, 1.82) is 0 Å². The lowest BCUT2D eigenvalue weighted by Gasteiger charge is -2.34. The van der Waals surface area contributed by atoms with Crippen LogP contribution in [0.25, 0.3) is 0 Å². The zero-order chi connectivity index (χ0) is 22.8. The number of hydrogen-bond donors (Lipinski definition) is 0. The molecule has 5 nitrogen and oxygen atoms in total. The number of halogens is 3. The molecule has 0 saturated carbocycles. The molecule has 1 atom stereocenters. The molecule has 0 bridgehead atoms. The summed E-state index contributed by atoms with van der Waals surface area (Å²) < 4.78 is 12.4. The van der Waals surface area contributed by atoms with E-state index in [2.05, 4.69) is 20.9 Å². The van der Waals surface area contributed by atoms with E-state index in [-0.39, 0.29) is 6.61 Å². The number of allylic oxidation sites excluding steroid dienone is 1. The summed E-state index contributed by atoms with van der Waals surface area (Å²) in [6.07, 6.45) is 1.92. The standard InChI is InChI=1S/C23H19BrCl2N2O3S/c1-3-30-22(29)20-13(2)27-23-28(8-9-32-23)21(20)16-11-15(24)5-7-19(16)31-12-14-4-6-17(25)18(26)10-14/h4-11,21H,3,12H2,1-2H3/t21-/m0/s1. The Morgan fingerprint density at radius 2 is 2.03 bits per heavy atom. The first-order valence-electron chi connectivity index (χ1n) is 9.83. The van der Waals surface area contributed by atoms with Gasteiger partial charge in [-0.25, -0.2) is 9.79 Å². The first kappa shape index (κ1) is 23.2. The third-order valence-electron chi connectivity index (χ3n) is 4.96. The molecule has 32 heavy (non-hydrogen) atoms. The van der Waals surface area contributed by atoms with Crippen molar-refractivity contribution in [3.8, 4) is 5.75 Å². The SMILES string of the molecule is CCOC(=O)C1=C(C)N=C2SC=CN2[C@H]1c1cc(Br)ccc1OCc1ccc(Cl)c(Cl)c1. The van der Waals surface area contributed by atoms with Crippen molar-refractivity contribution >= 4 is 62.0 Å². The molecular weight excluding hydrogens is 535 g/mol. The number of esters is 1. The number of aliphatic imine (C=N–C) groups is 1. The first-order valence-corrected chi connectivity index (χ1v) is 12.3. The van der Waals surface area contributed by atoms with E-state index in [4.69, 9.17) is 32.7 Å². The van der Waals surface area contributed by atoms with Gasteiger partial charge >= 0.3 is 5.97 Å². The van der Waals surface area contributed by atoms with Crippen LogP contribution in [0.2, 0.25) is 10.0 Å². The molecule has 2 aliphatic heterocycles. The third kappa shape index (κ3) is 4.71. The average Bonchev–Trinajstić information content (AvgIpc) is 3.22. The molecule has 0 spiro atoms. The van der Waals surface area contributed by atoms with Crippen LogP contribution in [0.15, 0.2) is 68.7 Å². The number of rotatable bonds is 6. The number of ether oxygens (including phenoxy) is 2. The molecule has 2 heterocycles. The minimum Gasteiger partial charge on any atom is -0.489 e. The van der Waals surface area contributed by atoms with E-state index >= 15 is 0 Å². The molecule has 2 aromatic carbocycles. The van der Waals surface area contributed by atoms with Gasteiger partial charge in [0.15, 0.2) is 5.17 Å². The molecule has 9 heteroatoms. The number of thioether (sulfide) groups is 1. The van der Waals surface area contributed by atoms with Crippen LogP contribution >= 0.6 is 50.9 Å². The molecule has 0 amide bonds. The second-order valence-corrected chi connectivity index (χ2v) is 9.65. The van der Waals surface area contributed by atoms with Gasteiger partial charge in [-0.15, -0.1) is 0 Å². The van der Waals surface area contributed by atoms with Gasteiger partial charge in [0, 0.05) is 16.2 Å². The van der Waals surface area contributed by atoms with Gasteiger partial charge in [0.05, 0.1) is 34.0 Å². The summed E-state index contributed by atoms with van der Waals surface area (Å²) in [6.45, 7) is 4.19. The Morgan fingerprint density at radius 3 is 2.78 bits per heavy atom. The van der Waals surface area contributed by atoms with Gasteiger partial charge in [0.2, 0.25) is 0 Å². The molecule has 0 aliphatic carbocycles. The average molecular weight is 554 g/mol. The highest BCUT2D eigenvalue weighted by molar-refractivity contribution is 9.10. The number of amidine groups is 1. The van der Waals surface area contributed by atoms with Crippen LogP contribution < -0.4 is 4.74 Å². The van der Waals surface area contributed by atoms with Gasteiger partial charge in [0.1, 0.15) is 12.4 Å².